The van der Waals surface area contributed by atoms with Gasteiger partial charge in [0, 0.05) is 97.0 Å². The second-order valence-electron chi connectivity index (χ2n) is 25.3. The largest absolute Gasteiger partial charge is 0.480 e. The molecule has 28 heteroatoms. The van der Waals surface area contributed by atoms with Gasteiger partial charge in [-0.25, -0.2) is 9.78 Å². The van der Waals surface area contributed by atoms with Gasteiger partial charge in [0.1, 0.15) is 54.4 Å². The van der Waals surface area contributed by atoms with Crippen LogP contribution in [0.4, 0.5) is 0 Å². The number of fused-ring (bicyclic) bond motifs is 2. The SMILES string of the molecule is NCCCC[C@H](NC(=O)[C@@H](N)CCCCN)C(=O)N[C@@H](CS)C(=O)N[C@@H](Cc1cnc[nH]1)C(=O)N[C@@H](Cc1ccccc1)C(=O)N[C@@H](Cc1c[nH]c2ccccc12)C(=O)N1CCC[C@H]1C(=O)N[C@@H](Cc1ccccc1)C(=O)N1CCC[C@H]1C(=O)N[C@@H](Cc1c[nH]c2ccccc12)C(=O)O. The molecule has 2 aliphatic rings. The number of H-pyrrole nitrogens is 3. The Morgan fingerprint density at radius 2 is 0.929 bits per heavy atom. The molecule has 7 aromatic rings. The molecular formula is C71H90N16O11S. The van der Waals surface area contributed by atoms with Gasteiger partial charge in [-0.1, -0.05) is 103 Å². The van der Waals surface area contributed by atoms with E-state index in [1.165, 1.54) is 22.3 Å². The third-order valence-corrected chi connectivity index (χ3v) is 18.6. The number of aliphatic carboxylic acids is 1. The maximum atomic E-state index is 15.6. The Morgan fingerprint density at radius 3 is 1.44 bits per heavy atom. The van der Waals surface area contributed by atoms with E-state index in [4.69, 9.17) is 17.2 Å². The first-order valence-corrected chi connectivity index (χ1v) is 34.4. The van der Waals surface area contributed by atoms with Gasteiger partial charge < -0.3 is 84.3 Å². The lowest BCUT2D eigenvalue weighted by Gasteiger charge is -2.32. The molecule has 526 valence electrons. The molecule has 3 aromatic heterocycles. The molecule has 0 unspecified atom stereocenters. The number of amides is 9. The molecule has 0 aliphatic carbocycles. The monoisotopic (exact) mass is 1370 g/mol. The number of carboxylic acids is 1. The predicted molar refractivity (Wildman–Crippen MR) is 375 cm³/mol. The van der Waals surface area contributed by atoms with Crippen molar-refractivity contribution in [3.63, 3.8) is 0 Å². The molecule has 9 amide bonds. The number of carbonyl (C=O) groups excluding carboxylic acids is 9. The number of hydrogen-bond donors (Lipinski definition) is 15. The lowest BCUT2D eigenvalue weighted by atomic mass is 10.0. The Kier molecular flexibility index (Phi) is 26.7. The van der Waals surface area contributed by atoms with Crippen LogP contribution in [-0.2, 0) is 80.0 Å². The van der Waals surface area contributed by atoms with Gasteiger partial charge in [0.15, 0.2) is 0 Å². The van der Waals surface area contributed by atoms with Gasteiger partial charge in [0.2, 0.25) is 53.2 Å². The van der Waals surface area contributed by atoms with Crippen LogP contribution >= 0.6 is 12.6 Å². The third-order valence-electron chi connectivity index (χ3n) is 18.2. The second kappa shape index (κ2) is 36.1. The molecule has 17 N–H and O–H groups in total. The number of para-hydroxylation sites is 2. The van der Waals surface area contributed by atoms with Crippen molar-refractivity contribution in [2.24, 2.45) is 17.2 Å². The molecule has 99 heavy (non-hydrogen) atoms. The van der Waals surface area contributed by atoms with Gasteiger partial charge in [-0.15, -0.1) is 0 Å². The molecular weight excluding hydrogens is 1280 g/mol. The molecule has 4 aromatic carbocycles. The van der Waals surface area contributed by atoms with E-state index >= 15 is 19.2 Å². The second-order valence-corrected chi connectivity index (χ2v) is 25.7. The van der Waals surface area contributed by atoms with Crippen molar-refractivity contribution in [2.45, 2.75) is 157 Å². The van der Waals surface area contributed by atoms with Crippen LogP contribution in [0.5, 0.6) is 0 Å². The summed E-state index contributed by atoms with van der Waals surface area (Å²) in [6.07, 6.45) is 9.92. The molecule has 10 atom stereocenters. The third kappa shape index (κ3) is 19.9. The average Bonchev–Trinajstić information content (AvgIpc) is 1.73. The number of aromatic nitrogens is 4. The van der Waals surface area contributed by atoms with E-state index in [0.29, 0.717) is 86.0 Å². The van der Waals surface area contributed by atoms with Crippen LogP contribution < -0.4 is 54.4 Å². The molecule has 0 radical (unpaired) electrons. The van der Waals surface area contributed by atoms with E-state index in [9.17, 15) is 33.9 Å². The summed E-state index contributed by atoms with van der Waals surface area (Å²) in [6.45, 7) is 1.00. The highest BCUT2D eigenvalue weighted by molar-refractivity contribution is 7.80. The summed E-state index contributed by atoms with van der Waals surface area (Å²) in [5, 5.41) is 31.5. The Labute approximate surface area is 578 Å². The molecule has 0 spiro atoms. The summed E-state index contributed by atoms with van der Waals surface area (Å²) in [5.41, 5.74) is 22.2. The van der Waals surface area contributed by atoms with Crippen LogP contribution in [-0.4, -0.2) is 186 Å². The number of aromatic amines is 3. The predicted octanol–water partition coefficient (Wildman–Crippen LogP) is 1.86. The van der Waals surface area contributed by atoms with Gasteiger partial charge in [0.25, 0.3) is 0 Å². The Balaban J connectivity index is 0.941. The van der Waals surface area contributed by atoms with Crippen molar-refractivity contribution < 1.29 is 53.1 Å². The number of imidazole rings is 1. The van der Waals surface area contributed by atoms with Gasteiger partial charge in [-0.2, -0.15) is 12.6 Å². The maximum Gasteiger partial charge on any atom is 0.326 e. The lowest BCUT2D eigenvalue weighted by Crippen LogP contribution is -2.61. The van der Waals surface area contributed by atoms with Crippen molar-refractivity contribution in [1.82, 2.24) is 67.0 Å². The number of nitrogens with two attached hydrogens (primary N) is 3. The summed E-state index contributed by atoms with van der Waals surface area (Å²) in [5.74, 6) is -7.67. The molecule has 9 rings (SSSR count). The van der Waals surface area contributed by atoms with E-state index in [1.807, 2.05) is 54.6 Å². The van der Waals surface area contributed by atoms with Gasteiger partial charge in [-0.3, -0.25) is 43.2 Å². The van der Waals surface area contributed by atoms with Crippen molar-refractivity contribution in [3.05, 3.63) is 162 Å². The summed E-state index contributed by atoms with van der Waals surface area (Å²) < 4.78 is 0. The van der Waals surface area contributed by atoms with Crippen LogP contribution in [0, 0.1) is 0 Å². The first kappa shape index (κ1) is 73.3. The van der Waals surface area contributed by atoms with E-state index in [1.54, 1.807) is 67.0 Å². The standard InChI is InChI=1S/C71H90N16O11S/c72-29-13-11-23-50(74)62(88)79-53(26-12-14-30-73)63(89)85-59(41-99)66(92)81-55(37-47-40-75-42-78-47)65(91)80-54(33-43-17-3-1-4-18-43)64(90)82-57(35-45-38-76-51-24-9-7-21-48(45)51)70(96)87-32-15-27-60(87)67(93)83-56(34-44-19-5-2-6-20-44)69(95)86-31-16-28-61(86)68(94)84-58(71(97)98)36-46-39-77-52-25-10-8-22-49(46)52/h1-10,17-22,24-25,38-40,42,50,53-61,76-77,99H,11-16,23,26-37,41,72-74H2,(H,75,78)(H,79,88)(H,80,91)(H,81,92)(H,82,90)(H,83,93)(H,84,94)(H,85,89)(H,97,98)/t50-,53-,54-,55-,56-,57-,58-,59-,60-,61-/m0/s1. The molecule has 0 saturated carbocycles. The fourth-order valence-electron chi connectivity index (χ4n) is 12.9. The first-order valence-electron chi connectivity index (χ1n) is 33.8. The van der Waals surface area contributed by atoms with E-state index in [0.717, 1.165) is 21.8 Å². The molecule has 2 aliphatic heterocycles. The molecule has 2 saturated heterocycles. The Hall–Kier alpha value is -9.90. The summed E-state index contributed by atoms with van der Waals surface area (Å²) in [7, 11) is 0. The fourth-order valence-corrected chi connectivity index (χ4v) is 13.1. The first-order chi connectivity index (χ1) is 47.9. The minimum Gasteiger partial charge on any atom is -0.480 e. The van der Waals surface area contributed by atoms with Crippen LogP contribution in [0.25, 0.3) is 21.8 Å². The number of unbranched alkanes of at least 4 members (excludes halogenated alkanes) is 2. The minimum absolute atomic E-state index is 0.00572. The number of nitrogens with one attached hydrogen (secondary N) is 10. The summed E-state index contributed by atoms with van der Waals surface area (Å²) in [6, 6.07) is 20.3. The Morgan fingerprint density at radius 1 is 0.495 bits per heavy atom. The van der Waals surface area contributed by atoms with Crippen LogP contribution in [0.1, 0.15) is 92.2 Å². The number of carboxylic acid groups (broad SMARTS) is 1. The summed E-state index contributed by atoms with van der Waals surface area (Å²) >= 11 is 4.40. The fraction of sp³-hybridized carbons (Fsp3) is 0.423. The van der Waals surface area contributed by atoms with Crippen LogP contribution in [0.3, 0.4) is 0 Å². The minimum atomic E-state index is -1.42. The van der Waals surface area contributed by atoms with Crippen LogP contribution in [0.15, 0.2) is 134 Å². The highest BCUT2D eigenvalue weighted by Crippen LogP contribution is 2.26. The topological polar surface area (TPSA) is 420 Å². The molecule has 5 heterocycles. The average molecular weight is 1380 g/mol. The number of hydrogen-bond acceptors (Lipinski definition) is 15. The highest BCUT2D eigenvalue weighted by atomic mass is 32.1. The number of rotatable bonds is 36. The lowest BCUT2D eigenvalue weighted by molar-refractivity contribution is -0.145. The number of thiol groups is 1. The van der Waals surface area contributed by atoms with Crippen molar-refractivity contribution in [3.8, 4) is 0 Å². The molecule has 0 bridgehead atoms. The van der Waals surface area contributed by atoms with Crippen LogP contribution in [0.2, 0.25) is 0 Å². The Bertz CT molecular complexity index is 3890. The molecule has 2 fully saturated rings. The number of carbonyl (C=O) groups is 10. The zero-order valence-corrected chi connectivity index (χ0v) is 56.1. The number of likely N-dealkylation sites (tertiary alicyclic amines) is 2. The van der Waals surface area contributed by atoms with E-state index in [2.05, 4.69) is 69.8 Å². The van der Waals surface area contributed by atoms with Gasteiger partial charge in [0.05, 0.1) is 12.4 Å². The number of benzene rings is 4. The number of nitrogens with zero attached hydrogens (tertiary/aromatic N) is 3. The van der Waals surface area contributed by atoms with Crippen molar-refractivity contribution >= 4 is 93.6 Å². The van der Waals surface area contributed by atoms with Gasteiger partial charge >= 0.3 is 5.97 Å². The maximum absolute atomic E-state index is 15.6. The van der Waals surface area contributed by atoms with Gasteiger partial charge in [-0.05, 0) is 105 Å². The highest BCUT2D eigenvalue weighted by Gasteiger charge is 2.43. The van der Waals surface area contributed by atoms with E-state index < -0.39 is 120 Å². The quantitative estimate of drug-likeness (QED) is 0.0197. The zero-order valence-electron chi connectivity index (χ0n) is 55.2. The van der Waals surface area contributed by atoms with Crippen molar-refractivity contribution in [1.29, 1.82) is 0 Å². The van der Waals surface area contributed by atoms with E-state index in [-0.39, 0.29) is 70.2 Å². The summed E-state index contributed by atoms with van der Waals surface area (Å²) in [4.78, 5) is 161. The smallest absolute Gasteiger partial charge is 0.326 e. The normalized spacial score (nSPS) is 16.9. The van der Waals surface area contributed by atoms with Crippen molar-refractivity contribution in [2.75, 3.05) is 31.9 Å². The zero-order chi connectivity index (χ0) is 70.4. The molecule has 27 nitrogen and oxygen atoms in total.